The van der Waals surface area contributed by atoms with Gasteiger partial charge in [-0.1, -0.05) is 59.3 Å². The van der Waals surface area contributed by atoms with Crippen LogP contribution in [-0.4, -0.2) is 18.0 Å². The summed E-state index contributed by atoms with van der Waals surface area (Å²) in [6.07, 6.45) is 11.0. The van der Waals surface area contributed by atoms with Gasteiger partial charge in [0.2, 0.25) is 0 Å². The first-order valence-corrected chi connectivity index (χ1v) is 13.2. The van der Waals surface area contributed by atoms with Crippen LogP contribution < -0.4 is 0 Å². The largest absolute Gasteiger partial charge is 0.390 e. The monoisotopic (exact) mass is 391 g/mol. The Morgan fingerprint density at radius 2 is 1.52 bits per heavy atom. The molecule has 2 unspecified atom stereocenters. The minimum absolute atomic E-state index is 0.334. The molecule has 25 heavy (non-hydrogen) atoms. The third-order valence-corrected chi connectivity index (χ3v) is 8.19. The van der Waals surface area contributed by atoms with E-state index in [4.69, 9.17) is 9.05 Å². The van der Waals surface area contributed by atoms with Crippen molar-refractivity contribution >= 4 is 18.2 Å². The summed E-state index contributed by atoms with van der Waals surface area (Å²) in [7, 11) is 0. The van der Waals surface area contributed by atoms with Crippen molar-refractivity contribution in [1.29, 1.82) is 5.26 Å². The molecule has 0 N–H and O–H groups in total. The number of nitrogens with zero attached hydrogens (tertiary/aromatic N) is 1. The highest BCUT2D eigenvalue weighted by Gasteiger charge is 2.40. The van der Waals surface area contributed by atoms with Crippen LogP contribution >= 0.6 is 18.2 Å². The summed E-state index contributed by atoms with van der Waals surface area (Å²) < 4.78 is 24.5. The van der Waals surface area contributed by atoms with E-state index in [0.29, 0.717) is 25.2 Å². The van der Waals surface area contributed by atoms with Gasteiger partial charge < -0.3 is 4.52 Å². The summed E-state index contributed by atoms with van der Waals surface area (Å²) in [5, 5.41) is 9.84. The van der Waals surface area contributed by atoms with Crippen LogP contribution in [0.25, 0.3) is 0 Å². The van der Waals surface area contributed by atoms with Crippen molar-refractivity contribution < 1.29 is 13.6 Å². The number of unbranched alkanes of at least 4 members (excludes halogenated alkanes) is 6. The lowest BCUT2D eigenvalue weighted by Gasteiger charge is -2.30. The molecule has 0 spiro atoms. The molecule has 0 aromatic rings. The zero-order chi connectivity index (χ0) is 19.0. The van der Waals surface area contributed by atoms with Gasteiger partial charge in [-0.2, -0.15) is 5.26 Å². The van der Waals surface area contributed by atoms with E-state index in [1.807, 2.05) is 13.8 Å². The fourth-order valence-corrected chi connectivity index (χ4v) is 6.57. The predicted molar refractivity (Wildman–Crippen MR) is 109 cm³/mol. The van der Waals surface area contributed by atoms with E-state index in [1.165, 1.54) is 37.1 Å². The fourth-order valence-electron chi connectivity index (χ4n) is 2.67. The fraction of sp³-hybridized carbons (Fsp3) is 0.947. The maximum atomic E-state index is 13.1. The second-order valence-electron chi connectivity index (χ2n) is 6.52. The second-order valence-corrected chi connectivity index (χ2v) is 10.6. The summed E-state index contributed by atoms with van der Waals surface area (Å²) >= 11 is 1.23. The Hall–Kier alpha value is -0.0100. The van der Waals surface area contributed by atoms with Gasteiger partial charge in [0.25, 0.3) is 0 Å². The van der Waals surface area contributed by atoms with Crippen molar-refractivity contribution in [2.24, 2.45) is 0 Å². The molecule has 2 atom stereocenters. The molecule has 0 heterocycles. The summed E-state index contributed by atoms with van der Waals surface area (Å²) in [4.78, 5) is 0. The van der Waals surface area contributed by atoms with Crippen LogP contribution in [0, 0.1) is 11.3 Å². The van der Waals surface area contributed by atoms with Gasteiger partial charge in [-0.05, 0) is 50.4 Å². The topological polar surface area (TPSA) is 59.3 Å². The molecule has 0 radical (unpaired) electrons. The quantitative estimate of drug-likeness (QED) is 0.190. The number of hydrogen-bond donors (Lipinski definition) is 0. The summed E-state index contributed by atoms with van der Waals surface area (Å²) in [6, 6.07) is 2.36. The molecule has 0 fully saturated rings. The zero-order valence-electron chi connectivity index (χ0n) is 16.7. The Labute approximate surface area is 159 Å². The van der Waals surface area contributed by atoms with Crippen molar-refractivity contribution in [3.05, 3.63) is 0 Å². The Morgan fingerprint density at radius 3 is 2.08 bits per heavy atom. The van der Waals surface area contributed by atoms with Gasteiger partial charge in [-0.15, -0.1) is 0 Å². The number of hydrogen-bond acceptors (Lipinski definition) is 5. The van der Waals surface area contributed by atoms with Crippen molar-refractivity contribution in [2.45, 2.75) is 104 Å². The molecule has 148 valence electrons. The van der Waals surface area contributed by atoms with Crippen LogP contribution in [0.5, 0.6) is 0 Å². The zero-order valence-corrected chi connectivity index (χ0v) is 18.4. The minimum Gasteiger partial charge on any atom is -0.301 e. The maximum absolute atomic E-state index is 13.1. The van der Waals surface area contributed by atoms with E-state index >= 15 is 0 Å². The smallest absolute Gasteiger partial charge is 0.301 e. The molecule has 0 saturated heterocycles. The first-order chi connectivity index (χ1) is 12.0. The maximum Gasteiger partial charge on any atom is 0.390 e. The first kappa shape index (κ1) is 25.0. The first-order valence-electron chi connectivity index (χ1n) is 10.0. The van der Waals surface area contributed by atoms with Gasteiger partial charge in [0.1, 0.15) is 0 Å². The highest BCUT2D eigenvalue weighted by Crippen LogP contribution is 2.63. The third kappa shape index (κ3) is 11.3. The van der Waals surface area contributed by atoms with Crippen molar-refractivity contribution in [1.82, 2.24) is 0 Å². The Balaban J connectivity index is 4.91. The Bertz CT molecular complexity index is 414. The molecule has 0 aliphatic carbocycles. The summed E-state index contributed by atoms with van der Waals surface area (Å²) in [5.74, 6) is 0.712. The SMILES string of the molecule is CCCCCCCCC(C#N)(CCCC)OP(=O)(OCC)SCCC. The van der Waals surface area contributed by atoms with Gasteiger partial charge >= 0.3 is 6.80 Å². The molecule has 0 amide bonds. The highest BCUT2D eigenvalue weighted by atomic mass is 32.7. The van der Waals surface area contributed by atoms with E-state index < -0.39 is 12.4 Å². The second kappa shape index (κ2) is 15.1. The van der Waals surface area contributed by atoms with Gasteiger partial charge in [-0.25, -0.2) is 4.57 Å². The molecule has 0 rings (SSSR count). The lowest BCUT2D eigenvalue weighted by atomic mass is 9.92. The van der Waals surface area contributed by atoms with Crippen LogP contribution in [0.2, 0.25) is 0 Å². The average molecular weight is 392 g/mol. The van der Waals surface area contributed by atoms with Crippen molar-refractivity contribution in [2.75, 3.05) is 12.4 Å². The molecular formula is C19H38NO3PS. The summed E-state index contributed by atoms with van der Waals surface area (Å²) in [5.41, 5.74) is -0.980. The Kier molecular flexibility index (Phi) is 15.1. The van der Waals surface area contributed by atoms with Crippen molar-refractivity contribution in [3.63, 3.8) is 0 Å². The van der Waals surface area contributed by atoms with Crippen LogP contribution in [0.4, 0.5) is 0 Å². The molecular weight excluding hydrogens is 353 g/mol. The number of rotatable bonds is 17. The molecule has 0 bridgehead atoms. The molecule has 0 aliphatic rings. The van der Waals surface area contributed by atoms with Crippen LogP contribution in [0.15, 0.2) is 0 Å². The molecule has 0 aromatic heterocycles. The van der Waals surface area contributed by atoms with Crippen LogP contribution in [0.3, 0.4) is 0 Å². The third-order valence-electron chi connectivity index (χ3n) is 4.10. The van der Waals surface area contributed by atoms with E-state index in [0.717, 1.165) is 32.1 Å². The van der Waals surface area contributed by atoms with Gasteiger partial charge in [0.05, 0.1) is 12.7 Å². The van der Waals surface area contributed by atoms with Gasteiger partial charge in [0.15, 0.2) is 5.60 Å². The lowest BCUT2D eigenvalue weighted by Crippen LogP contribution is -2.30. The normalized spacial score (nSPS) is 16.1. The standard InChI is InChI=1S/C19H38NO3PS/c1-5-9-11-12-13-14-16-19(18-20,15-10-6-2)23-24(21,22-8-4)25-17-7-3/h5-17H2,1-4H3. The van der Waals surface area contributed by atoms with Crippen LogP contribution in [0.1, 0.15) is 98.3 Å². The molecule has 0 aromatic carbocycles. The van der Waals surface area contributed by atoms with Crippen LogP contribution in [-0.2, 0) is 13.6 Å². The Morgan fingerprint density at radius 1 is 0.920 bits per heavy atom. The lowest BCUT2D eigenvalue weighted by molar-refractivity contribution is 0.0831. The molecule has 6 heteroatoms. The molecule has 0 saturated carbocycles. The van der Waals surface area contributed by atoms with E-state index in [9.17, 15) is 9.83 Å². The van der Waals surface area contributed by atoms with Crippen molar-refractivity contribution in [3.8, 4) is 6.07 Å². The van der Waals surface area contributed by atoms with E-state index in [-0.39, 0.29) is 0 Å². The predicted octanol–water partition coefficient (Wildman–Crippen LogP) is 7.49. The molecule has 4 nitrogen and oxygen atoms in total. The number of nitriles is 1. The van der Waals surface area contributed by atoms with E-state index in [2.05, 4.69) is 19.9 Å². The van der Waals surface area contributed by atoms with E-state index in [1.54, 1.807) is 0 Å². The van der Waals surface area contributed by atoms with Gasteiger partial charge in [-0.3, -0.25) is 4.52 Å². The van der Waals surface area contributed by atoms with Gasteiger partial charge in [0, 0.05) is 5.75 Å². The summed E-state index contributed by atoms with van der Waals surface area (Å²) in [6.45, 7) is 5.20. The highest BCUT2D eigenvalue weighted by molar-refractivity contribution is 8.55. The molecule has 0 aliphatic heterocycles. The minimum atomic E-state index is -3.29. The average Bonchev–Trinajstić information content (AvgIpc) is 2.61.